The van der Waals surface area contributed by atoms with E-state index in [0.29, 0.717) is 60.1 Å². The predicted octanol–water partition coefficient (Wildman–Crippen LogP) is 4.87. The van der Waals surface area contributed by atoms with Gasteiger partial charge in [-0.3, -0.25) is 4.79 Å². The molecule has 1 atom stereocenters. The number of benzene rings is 2. The summed E-state index contributed by atoms with van der Waals surface area (Å²) in [6.07, 6.45) is -1.96. The summed E-state index contributed by atoms with van der Waals surface area (Å²) in [6.45, 7) is 3.66. The zero-order valence-electron chi connectivity index (χ0n) is 20.9. The lowest BCUT2D eigenvalue weighted by Crippen LogP contribution is -2.47. The molecule has 1 aliphatic rings. The van der Waals surface area contributed by atoms with Crippen LogP contribution in [0.5, 0.6) is 5.75 Å². The summed E-state index contributed by atoms with van der Waals surface area (Å²) in [7, 11) is -3.28. The minimum Gasteiger partial charge on any atom is -0.406 e. The van der Waals surface area contributed by atoms with Gasteiger partial charge in [0.15, 0.2) is 0 Å². The highest BCUT2D eigenvalue weighted by Crippen LogP contribution is 2.34. The van der Waals surface area contributed by atoms with Crippen LogP contribution in [0.1, 0.15) is 37.3 Å². The van der Waals surface area contributed by atoms with E-state index >= 15 is 0 Å². The SMILES string of the molecule is CC(CCN1CCC(NS(C)(=O)=O)CC1)(C(=O)NCc1cccc(OC(F)(F)F)c1)c1ccc(Cl)c(Cl)c1. The Morgan fingerprint density at radius 2 is 1.79 bits per heavy atom. The molecule has 1 amide bonds. The van der Waals surface area contributed by atoms with E-state index in [1.54, 1.807) is 31.2 Å². The van der Waals surface area contributed by atoms with Gasteiger partial charge in [0, 0.05) is 12.6 Å². The number of sulfonamides is 1. The second-order valence-corrected chi connectivity index (χ2v) is 12.2. The molecule has 1 unspecified atom stereocenters. The van der Waals surface area contributed by atoms with Crippen LogP contribution in [0.3, 0.4) is 0 Å². The zero-order valence-corrected chi connectivity index (χ0v) is 23.3. The van der Waals surface area contributed by atoms with Crippen LogP contribution in [-0.4, -0.2) is 57.5 Å². The number of nitrogens with one attached hydrogen (secondary N) is 2. The van der Waals surface area contributed by atoms with Crippen molar-refractivity contribution in [2.75, 3.05) is 25.9 Å². The molecule has 0 aromatic heterocycles. The first-order chi connectivity index (χ1) is 17.6. The van der Waals surface area contributed by atoms with Crippen molar-refractivity contribution in [2.24, 2.45) is 0 Å². The van der Waals surface area contributed by atoms with E-state index in [0.717, 1.165) is 6.26 Å². The van der Waals surface area contributed by atoms with Crippen molar-refractivity contribution in [3.63, 3.8) is 0 Å². The lowest BCUT2D eigenvalue weighted by molar-refractivity contribution is -0.274. The zero-order chi connectivity index (χ0) is 28.1. The maximum absolute atomic E-state index is 13.5. The highest BCUT2D eigenvalue weighted by Gasteiger charge is 2.36. The highest BCUT2D eigenvalue weighted by atomic mass is 35.5. The molecule has 210 valence electrons. The molecule has 2 aromatic rings. The van der Waals surface area contributed by atoms with Gasteiger partial charge in [0.1, 0.15) is 5.75 Å². The number of ether oxygens (including phenoxy) is 1. The number of amides is 1. The molecule has 2 aromatic carbocycles. The first kappa shape index (κ1) is 30.5. The van der Waals surface area contributed by atoms with Gasteiger partial charge in [0.25, 0.3) is 0 Å². The van der Waals surface area contributed by atoms with Crippen LogP contribution < -0.4 is 14.8 Å². The summed E-state index contributed by atoms with van der Waals surface area (Å²) in [4.78, 5) is 15.7. The largest absolute Gasteiger partial charge is 0.573 e. The van der Waals surface area contributed by atoms with E-state index in [4.69, 9.17) is 23.2 Å². The number of nitrogens with zero attached hydrogens (tertiary/aromatic N) is 1. The topological polar surface area (TPSA) is 87.7 Å². The lowest BCUT2D eigenvalue weighted by Gasteiger charge is -2.35. The molecule has 7 nitrogen and oxygen atoms in total. The van der Waals surface area contributed by atoms with Crippen LogP contribution in [0.25, 0.3) is 0 Å². The van der Waals surface area contributed by atoms with E-state index in [1.807, 2.05) is 0 Å². The number of likely N-dealkylation sites (tertiary alicyclic amines) is 1. The van der Waals surface area contributed by atoms with Crippen LogP contribution in [0.4, 0.5) is 13.2 Å². The predicted molar refractivity (Wildman–Crippen MR) is 141 cm³/mol. The fourth-order valence-corrected chi connectivity index (χ4v) is 5.56. The summed E-state index contributed by atoms with van der Waals surface area (Å²) in [5.74, 6) is -0.697. The van der Waals surface area contributed by atoms with Crippen molar-refractivity contribution < 1.29 is 31.1 Å². The number of hydrogen-bond donors (Lipinski definition) is 2. The van der Waals surface area contributed by atoms with Crippen LogP contribution in [-0.2, 0) is 26.8 Å². The molecule has 0 radical (unpaired) electrons. The lowest BCUT2D eigenvalue weighted by atomic mass is 9.78. The van der Waals surface area contributed by atoms with Gasteiger partial charge in [-0.05, 0) is 81.2 Å². The van der Waals surface area contributed by atoms with Crippen molar-refractivity contribution in [3.8, 4) is 5.75 Å². The van der Waals surface area contributed by atoms with E-state index < -0.39 is 21.8 Å². The quantitative estimate of drug-likeness (QED) is 0.409. The average molecular weight is 596 g/mol. The van der Waals surface area contributed by atoms with Crippen molar-refractivity contribution in [1.82, 2.24) is 14.9 Å². The molecule has 1 saturated heterocycles. The average Bonchev–Trinajstić information content (AvgIpc) is 2.81. The van der Waals surface area contributed by atoms with E-state index in [2.05, 4.69) is 19.7 Å². The molecule has 1 heterocycles. The second-order valence-electron chi connectivity index (χ2n) is 9.59. The third-order valence-electron chi connectivity index (χ3n) is 6.54. The number of halogens is 5. The molecule has 1 fully saturated rings. The first-order valence-corrected chi connectivity index (χ1v) is 14.6. The minimum atomic E-state index is -4.82. The molecule has 1 aliphatic heterocycles. The Kier molecular flexibility index (Phi) is 9.97. The molecule has 2 N–H and O–H groups in total. The Morgan fingerprint density at radius 1 is 1.11 bits per heavy atom. The summed E-state index contributed by atoms with van der Waals surface area (Å²) in [5, 5.41) is 3.48. The van der Waals surface area contributed by atoms with Crippen LogP contribution in [0.15, 0.2) is 42.5 Å². The van der Waals surface area contributed by atoms with Gasteiger partial charge >= 0.3 is 6.36 Å². The van der Waals surface area contributed by atoms with Gasteiger partial charge in [-0.2, -0.15) is 0 Å². The number of hydrogen-bond acceptors (Lipinski definition) is 5. The van der Waals surface area contributed by atoms with Gasteiger partial charge in [-0.1, -0.05) is 41.4 Å². The third-order valence-corrected chi connectivity index (χ3v) is 8.04. The smallest absolute Gasteiger partial charge is 0.406 e. The summed E-state index contributed by atoms with van der Waals surface area (Å²) >= 11 is 12.3. The van der Waals surface area contributed by atoms with E-state index in [1.165, 1.54) is 18.2 Å². The summed E-state index contributed by atoms with van der Waals surface area (Å²) in [5.41, 5.74) is 0.0557. The molecule has 13 heteroatoms. The van der Waals surface area contributed by atoms with Crippen molar-refractivity contribution >= 4 is 39.1 Å². The van der Waals surface area contributed by atoms with Crippen LogP contribution in [0, 0.1) is 0 Å². The van der Waals surface area contributed by atoms with Gasteiger partial charge < -0.3 is 15.0 Å². The van der Waals surface area contributed by atoms with Crippen molar-refractivity contribution in [2.45, 2.75) is 50.6 Å². The molecule has 0 spiro atoms. The molecule has 0 saturated carbocycles. The van der Waals surface area contributed by atoms with Crippen molar-refractivity contribution in [3.05, 3.63) is 63.6 Å². The number of piperidine rings is 1. The Morgan fingerprint density at radius 3 is 2.39 bits per heavy atom. The monoisotopic (exact) mass is 595 g/mol. The summed E-state index contributed by atoms with van der Waals surface area (Å²) in [6, 6.07) is 10.3. The van der Waals surface area contributed by atoms with Crippen molar-refractivity contribution in [1.29, 1.82) is 0 Å². The molecular formula is C25H30Cl2F3N3O4S. The minimum absolute atomic E-state index is 0.00659. The highest BCUT2D eigenvalue weighted by molar-refractivity contribution is 7.88. The van der Waals surface area contributed by atoms with Gasteiger partial charge in [-0.15, -0.1) is 13.2 Å². The first-order valence-electron chi connectivity index (χ1n) is 11.9. The molecular weight excluding hydrogens is 566 g/mol. The van der Waals surface area contributed by atoms with Crippen LogP contribution >= 0.6 is 23.2 Å². The number of rotatable bonds is 10. The van der Waals surface area contributed by atoms with Gasteiger partial charge in [0.2, 0.25) is 15.9 Å². The maximum Gasteiger partial charge on any atom is 0.573 e. The molecule has 38 heavy (non-hydrogen) atoms. The number of alkyl halides is 3. The fourth-order valence-electron chi connectivity index (χ4n) is 4.42. The Balaban J connectivity index is 1.71. The molecule has 0 aliphatic carbocycles. The standard InChI is InChI=1S/C25H30Cl2F3N3O4S/c1-24(18-6-7-21(26)22(27)15-18,10-13-33-11-8-19(9-12-33)32-38(2,35)36)23(34)31-16-17-4-3-5-20(14-17)37-25(28,29)30/h3-7,14-15,19,32H,8-13,16H2,1-2H3,(H,31,34). The molecule has 0 bridgehead atoms. The Bertz CT molecular complexity index is 1240. The third kappa shape index (κ3) is 9.01. The fraction of sp³-hybridized carbons (Fsp3) is 0.480. The van der Waals surface area contributed by atoms with E-state index in [9.17, 15) is 26.4 Å². The van der Waals surface area contributed by atoms with Gasteiger partial charge in [-0.25, -0.2) is 13.1 Å². The van der Waals surface area contributed by atoms with Gasteiger partial charge in [0.05, 0.1) is 21.7 Å². The van der Waals surface area contributed by atoms with Crippen LogP contribution in [0.2, 0.25) is 10.0 Å². The second kappa shape index (κ2) is 12.4. The number of carbonyl (C=O) groups is 1. The Hall–Kier alpha value is -2.05. The molecule has 3 rings (SSSR count). The van der Waals surface area contributed by atoms with E-state index in [-0.39, 0.29) is 24.2 Å². The normalized spacial score (nSPS) is 17.1. The Labute approximate surface area is 230 Å². The summed E-state index contributed by atoms with van der Waals surface area (Å²) < 4.78 is 67.4. The number of carbonyl (C=O) groups excluding carboxylic acids is 1. The maximum atomic E-state index is 13.5.